The van der Waals surface area contributed by atoms with Gasteiger partial charge in [-0.25, -0.2) is 0 Å². The summed E-state index contributed by atoms with van der Waals surface area (Å²) in [5.74, 6) is 1.80. The van der Waals surface area contributed by atoms with Gasteiger partial charge in [0.25, 0.3) is 0 Å². The monoisotopic (exact) mass is 343 g/mol. The van der Waals surface area contributed by atoms with Crippen LogP contribution in [0.15, 0.2) is 60.7 Å². The van der Waals surface area contributed by atoms with Crippen LogP contribution in [0.4, 0.5) is 0 Å². The molecule has 0 unspecified atom stereocenters. The van der Waals surface area contributed by atoms with Crippen LogP contribution in [0.25, 0.3) is 10.8 Å². The molecule has 0 heterocycles. The van der Waals surface area contributed by atoms with Crippen LogP contribution in [-0.4, -0.2) is 14.2 Å². The highest BCUT2D eigenvalue weighted by atomic mass is 35.5. The highest BCUT2D eigenvalue weighted by Crippen LogP contribution is 2.27. The lowest BCUT2D eigenvalue weighted by molar-refractivity contribution is 0.408. The number of hydrogen-bond donors (Lipinski definition) is 1. The molecular formula is C20H22ClNO2. The second-order valence-electron chi connectivity index (χ2n) is 5.42. The Labute approximate surface area is 149 Å². The van der Waals surface area contributed by atoms with Crippen LogP contribution in [0.2, 0.25) is 0 Å². The molecule has 0 bridgehead atoms. The van der Waals surface area contributed by atoms with Crippen molar-refractivity contribution < 1.29 is 9.47 Å². The molecule has 0 aromatic heterocycles. The second-order valence-corrected chi connectivity index (χ2v) is 5.42. The number of methoxy groups -OCH3 is 2. The maximum Gasteiger partial charge on any atom is 0.123 e. The Morgan fingerprint density at radius 2 is 1.54 bits per heavy atom. The van der Waals surface area contributed by atoms with Gasteiger partial charge in [0.05, 0.1) is 14.2 Å². The van der Waals surface area contributed by atoms with Crippen LogP contribution in [0.5, 0.6) is 11.5 Å². The summed E-state index contributed by atoms with van der Waals surface area (Å²) < 4.78 is 10.7. The molecule has 0 aliphatic heterocycles. The highest BCUT2D eigenvalue weighted by Gasteiger charge is 2.07. The zero-order valence-electron chi connectivity index (χ0n) is 13.9. The normalized spacial score (nSPS) is 10.2. The molecule has 0 saturated carbocycles. The molecule has 4 heteroatoms. The summed E-state index contributed by atoms with van der Waals surface area (Å²) in [5, 5.41) is 5.96. The van der Waals surface area contributed by atoms with Crippen molar-refractivity contribution in [2.24, 2.45) is 0 Å². The lowest BCUT2D eigenvalue weighted by Crippen LogP contribution is -2.13. The highest BCUT2D eigenvalue weighted by molar-refractivity contribution is 5.87. The third kappa shape index (κ3) is 3.99. The van der Waals surface area contributed by atoms with Gasteiger partial charge in [-0.05, 0) is 34.5 Å². The molecule has 24 heavy (non-hydrogen) atoms. The number of benzene rings is 3. The predicted octanol–water partition coefficient (Wildman–Crippen LogP) is 4.57. The third-order valence-electron chi connectivity index (χ3n) is 4.01. The van der Waals surface area contributed by atoms with Crippen molar-refractivity contribution in [3.05, 3.63) is 71.8 Å². The maximum atomic E-state index is 5.53. The molecule has 1 N–H and O–H groups in total. The van der Waals surface area contributed by atoms with Gasteiger partial charge in [0.1, 0.15) is 11.5 Å². The number of ether oxygens (including phenoxy) is 2. The minimum absolute atomic E-state index is 0. The summed E-state index contributed by atoms with van der Waals surface area (Å²) in [6.07, 6.45) is 0. The van der Waals surface area contributed by atoms with Crippen molar-refractivity contribution in [3.63, 3.8) is 0 Å². The first-order valence-corrected chi connectivity index (χ1v) is 7.70. The van der Waals surface area contributed by atoms with Gasteiger partial charge in [-0.2, -0.15) is 0 Å². The lowest BCUT2D eigenvalue weighted by atomic mass is 10.0. The SMILES string of the molecule is COc1ccc(CNCc2c(OC)ccc3ccccc23)cc1.Cl. The molecule has 0 spiro atoms. The minimum atomic E-state index is 0. The first-order valence-electron chi connectivity index (χ1n) is 7.70. The van der Waals surface area contributed by atoms with Crippen molar-refractivity contribution in [1.82, 2.24) is 5.32 Å². The molecule has 126 valence electrons. The maximum absolute atomic E-state index is 5.53. The summed E-state index contributed by atoms with van der Waals surface area (Å²) >= 11 is 0. The predicted molar refractivity (Wildman–Crippen MR) is 101 cm³/mol. The zero-order chi connectivity index (χ0) is 16.1. The fourth-order valence-electron chi connectivity index (χ4n) is 2.76. The first-order chi connectivity index (χ1) is 11.3. The van der Waals surface area contributed by atoms with E-state index in [0.717, 1.165) is 24.6 Å². The van der Waals surface area contributed by atoms with Crippen molar-refractivity contribution in [3.8, 4) is 11.5 Å². The van der Waals surface area contributed by atoms with Crippen LogP contribution in [-0.2, 0) is 13.1 Å². The Bertz CT molecular complexity index is 787. The van der Waals surface area contributed by atoms with Crippen molar-refractivity contribution >= 4 is 23.2 Å². The molecule has 3 nitrogen and oxygen atoms in total. The molecule has 3 aromatic carbocycles. The molecular weight excluding hydrogens is 322 g/mol. The van der Waals surface area contributed by atoms with Gasteiger partial charge in [-0.3, -0.25) is 0 Å². The van der Waals surface area contributed by atoms with E-state index in [2.05, 4.69) is 47.8 Å². The summed E-state index contributed by atoms with van der Waals surface area (Å²) in [4.78, 5) is 0. The van der Waals surface area contributed by atoms with Crippen molar-refractivity contribution in [1.29, 1.82) is 0 Å². The summed E-state index contributed by atoms with van der Waals surface area (Å²) in [5.41, 5.74) is 2.42. The first kappa shape index (κ1) is 18.1. The van der Waals surface area contributed by atoms with E-state index < -0.39 is 0 Å². The molecule has 0 fully saturated rings. The number of fused-ring (bicyclic) bond motifs is 1. The van der Waals surface area contributed by atoms with E-state index in [0.29, 0.717) is 0 Å². The number of halogens is 1. The van der Waals surface area contributed by atoms with Crippen molar-refractivity contribution in [2.75, 3.05) is 14.2 Å². The third-order valence-corrected chi connectivity index (χ3v) is 4.01. The average molecular weight is 344 g/mol. The van der Waals surface area contributed by atoms with Crippen LogP contribution in [0.3, 0.4) is 0 Å². The quantitative estimate of drug-likeness (QED) is 0.711. The molecule has 0 amide bonds. The molecule has 0 aliphatic carbocycles. The molecule has 0 saturated heterocycles. The largest absolute Gasteiger partial charge is 0.497 e. The van der Waals surface area contributed by atoms with E-state index in [1.54, 1.807) is 14.2 Å². The summed E-state index contributed by atoms with van der Waals surface area (Å²) in [6.45, 7) is 1.56. The van der Waals surface area contributed by atoms with E-state index in [-0.39, 0.29) is 12.4 Å². The van der Waals surface area contributed by atoms with Crippen LogP contribution < -0.4 is 14.8 Å². The van der Waals surface area contributed by atoms with Gasteiger partial charge in [0.2, 0.25) is 0 Å². The number of rotatable bonds is 6. The molecule has 3 aromatic rings. The van der Waals surface area contributed by atoms with Gasteiger partial charge < -0.3 is 14.8 Å². The molecule has 0 aliphatic rings. The molecule has 0 radical (unpaired) electrons. The lowest BCUT2D eigenvalue weighted by Gasteiger charge is -2.13. The molecule has 0 atom stereocenters. The van der Waals surface area contributed by atoms with Gasteiger partial charge in [-0.1, -0.05) is 42.5 Å². The van der Waals surface area contributed by atoms with Gasteiger partial charge in [-0.15, -0.1) is 12.4 Å². The summed E-state index contributed by atoms with van der Waals surface area (Å²) in [7, 11) is 3.40. The fraction of sp³-hybridized carbons (Fsp3) is 0.200. The Morgan fingerprint density at radius 1 is 0.792 bits per heavy atom. The van der Waals surface area contributed by atoms with E-state index >= 15 is 0 Å². The smallest absolute Gasteiger partial charge is 0.123 e. The Balaban J connectivity index is 0.00000208. The Kier molecular flexibility index (Phi) is 6.47. The van der Waals surface area contributed by atoms with Gasteiger partial charge in [0, 0.05) is 18.7 Å². The van der Waals surface area contributed by atoms with Crippen LogP contribution in [0.1, 0.15) is 11.1 Å². The minimum Gasteiger partial charge on any atom is -0.497 e. The standard InChI is InChI=1S/C20H21NO2.ClH/c1-22-17-10-7-15(8-11-17)13-21-14-19-18-6-4-3-5-16(18)9-12-20(19)23-2;/h3-12,21H,13-14H2,1-2H3;1H. The number of nitrogens with one attached hydrogen (secondary N) is 1. The van der Waals surface area contributed by atoms with E-state index in [4.69, 9.17) is 9.47 Å². The topological polar surface area (TPSA) is 30.5 Å². The number of hydrogen-bond acceptors (Lipinski definition) is 3. The zero-order valence-corrected chi connectivity index (χ0v) is 14.7. The Morgan fingerprint density at radius 3 is 2.25 bits per heavy atom. The Hall–Kier alpha value is -2.23. The van der Waals surface area contributed by atoms with Gasteiger partial charge in [0.15, 0.2) is 0 Å². The van der Waals surface area contributed by atoms with Gasteiger partial charge >= 0.3 is 0 Å². The fourth-order valence-corrected chi connectivity index (χ4v) is 2.76. The van der Waals surface area contributed by atoms with Crippen molar-refractivity contribution in [2.45, 2.75) is 13.1 Å². The van der Waals surface area contributed by atoms with E-state index in [9.17, 15) is 0 Å². The van der Waals surface area contributed by atoms with Crippen LogP contribution >= 0.6 is 12.4 Å². The van der Waals surface area contributed by atoms with E-state index in [1.165, 1.54) is 21.9 Å². The second kappa shape index (κ2) is 8.57. The van der Waals surface area contributed by atoms with Crippen LogP contribution in [0, 0.1) is 0 Å². The summed E-state index contributed by atoms with van der Waals surface area (Å²) in [6, 6.07) is 20.6. The van der Waals surface area contributed by atoms with E-state index in [1.807, 2.05) is 18.2 Å². The molecule has 3 rings (SSSR count). The average Bonchev–Trinajstić information content (AvgIpc) is 2.62.